The van der Waals surface area contributed by atoms with Crippen molar-refractivity contribution in [3.05, 3.63) is 77.4 Å². The van der Waals surface area contributed by atoms with E-state index in [2.05, 4.69) is 30.4 Å². The number of thiazole rings is 1. The Morgan fingerprint density at radius 2 is 1.73 bits per heavy atom. The largest absolute Gasteiger partial charge is 0.326 e. The average Bonchev–Trinajstić information content (AvgIpc) is 3.37. The van der Waals surface area contributed by atoms with Crippen LogP contribution < -0.4 is 10.2 Å². The Morgan fingerprint density at radius 1 is 1.00 bits per heavy atom. The minimum absolute atomic E-state index is 0.0106. The maximum atomic E-state index is 12.9. The van der Waals surface area contributed by atoms with E-state index >= 15 is 0 Å². The second-order valence-electron chi connectivity index (χ2n) is 8.75. The maximum Gasteiger partial charge on any atom is 0.229 e. The van der Waals surface area contributed by atoms with Crippen molar-refractivity contribution in [2.45, 2.75) is 27.2 Å². The molecule has 1 aliphatic rings. The molecule has 1 fully saturated rings. The van der Waals surface area contributed by atoms with Gasteiger partial charge in [0.2, 0.25) is 11.8 Å². The van der Waals surface area contributed by atoms with Crippen LogP contribution in [0, 0.1) is 26.7 Å². The first kappa shape index (κ1) is 21.3. The number of benzene rings is 3. The highest BCUT2D eigenvalue weighted by molar-refractivity contribution is 7.21. The van der Waals surface area contributed by atoms with Crippen LogP contribution in [0.25, 0.3) is 20.8 Å². The second kappa shape index (κ2) is 8.45. The zero-order chi connectivity index (χ0) is 23.1. The van der Waals surface area contributed by atoms with Crippen LogP contribution in [-0.4, -0.2) is 23.3 Å². The van der Waals surface area contributed by atoms with E-state index in [0.717, 1.165) is 38.6 Å². The number of nitrogens with zero attached hydrogens (tertiary/aromatic N) is 2. The van der Waals surface area contributed by atoms with Gasteiger partial charge in [0.15, 0.2) is 0 Å². The molecule has 3 aromatic carbocycles. The number of hydrogen-bond donors (Lipinski definition) is 1. The Morgan fingerprint density at radius 3 is 2.48 bits per heavy atom. The van der Waals surface area contributed by atoms with Gasteiger partial charge in [-0.25, -0.2) is 4.98 Å². The quantitative estimate of drug-likeness (QED) is 0.418. The monoisotopic (exact) mass is 455 g/mol. The zero-order valence-corrected chi connectivity index (χ0v) is 19.7. The van der Waals surface area contributed by atoms with Crippen LogP contribution in [-0.2, 0) is 9.59 Å². The molecule has 5 nitrogen and oxygen atoms in total. The molecule has 0 bridgehead atoms. The standard InChI is InChI=1S/C27H25N3O2S/c1-16-5-11-23(18(3)12-16)30-15-20(14-25(30)31)26(32)28-21-8-6-19(7-9-21)27-29-22-10-4-17(2)13-24(22)33-27/h4-13,20H,14-15H2,1-3H3,(H,28,32). The molecule has 1 N–H and O–H groups in total. The lowest BCUT2D eigenvalue weighted by atomic mass is 10.1. The van der Waals surface area contributed by atoms with Gasteiger partial charge in [-0.2, -0.15) is 0 Å². The lowest BCUT2D eigenvalue weighted by Crippen LogP contribution is -2.28. The number of aryl methyl sites for hydroxylation is 3. The fraction of sp³-hybridized carbons (Fsp3) is 0.222. The van der Waals surface area contributed by atoms with Gasteiger partial charge in [-0.1, -0.05) is 23.8 Å². The Balaban J connectivity index is 1.27. The number of amides is 2. The van der Waals surface area contributed by atoms with E-state index in [1.54, 1.807) is 16.2 Å². The molecule has 0 spiro atoms. The van der Waals surface area contributed by atoms with Crippen molar-refractivity contribution < 1.29 is 9.59 Å². The molecular formula is C27H25N3O2S. The molecule has 0 aliphatic carbocycles. The molecule has 1 unspecified atom stereocenters. The van der Waals surface area contributed by atoms with Crippen molar-refractivity contribution in [3.63, 3.8) is 0 Å². The van der Waals surface area contributed by atoms with Gasteiger partial charge < -0.3 is 10.2 Å². The minimum Gasteiger partial charge on any atom is -0.326 e. The number of aromatic nitrogens is 1. The molecule has 5 rings (SSSR count). The van der Waals surface area contributed by atoms with Crippen molar-refractivity contribution in [2.24, 2.45) is 5.92 Å². The van der Waals surface area contributed by atoms with Crippen molar-refractivity contribution in [1.82, 2.24) is 4.98 Å². The zero-order valence-electron chi connectivity index (χ0n) is 18.9. The number of nitrogens with one attached hydrogen (secondary N) is 1. The lowest BCUT2D eigenvalue weighted by Gasteiger charge is -2.19. The fourth-order valence-electron chi connectivity index (χ4n) is 4.32. The summed E-state index contributed by atoms with van der Waals surface area (Å²) in [5, 5.41) is 3.94. The topological polar surface area (TPSA) is 62.3 Å². The van der Waals surface area contributed by atoms with E-state index in [9.17, 15) is 9.59 Å². The summed E-state index contributed by atoms with van der Waals surface area (Å²) < 4.78 is 1.17. The van der Waals surface area contributed by atoms with E-state index in [0.29, 0.717) is 6.54 Å². The van der Waals surface area contributed by atoms with Gasteiger partial charge in [-0.15, -0.1) is 11.3 Å². The molecule has 0 saturated carbocycles. The van der Waals surface area contributed by atoms with Crippen LogP contribution in [0.2, 0.25) is 0 Å². The summed E-state index contributed by atoms with van der Waals surface area (Å²) >= 11 is 1.66. The van der Waals surface area contributed by atoms with E-state index < -0.39 is 0 Å². The predicted octanol–water partition coefficient (Wildman–Crippen LogP) is 5.88. The van der Waals surface area contributed by atoms with Crippen molar-refractivity contribution in [3.8, 4) is 10.6 Å². The predicted molar refractivity (Wildman–Crippen MR) is 135 cm³/mol. The van der Waals surface area contributed by atoms with Gasteiger partial charge in [0.1, 0.15) is 5.01 Å². The number of carbonyl (C=O) groups excluding carboxylic acids is 2. The van der Waals surface area contributed by atoms with Crippen LogP contribution >= 0.6 is 11.3 Å². The van der Waals surface area contributed by atoms with Crippen LogP contribution in [0.15, 0.2) is 60.7 Å². The highest BCUT2D eigenvalue weighted by Crippen LogP contribution is 2.32. The molecule has 1 atom stereocenters. The molecule has 166 valence electrons. The summed E-state index contributed by atoms with van der Waals surface area (Å²) in [6.07, 6.45) is 0.225. The van der Waals surface area contributed by atoms with Gasteiger partial charge in [-0.05, 0) is 74.4 Å². The van der Waals surface area contributed by atoms with Crippen LogP contribution in [0.4, 0.5) is 11.4 Å². The Hall–Kier alpha value is -3.51. The Labute approximate surface area is 197 Å². The highest BCUT2D eigenvalue weighted by Gasteiger charge is 2.35. The van der Waals surface area contributed by atoms with Gasteiger partial charge in [0.25, 0.3) is 0 Å². The number of hydrogen-bond acceptors (Lipinski definition) is 4. The maximum absolute atomic E-state index is 12.9. The normalized spacial score (nSPS) is 15.9. The fourth-order valence-corrected chi connectivity index (χ4v) is 5.39. The molecule has 1 aliphatic heterocycles. The van der Waals surface area contributed by atoms with Crippen molar-refractivity contribution in [2.75, 3.05) is 16.8 Å². The molecule has 6 heteroatoms. The number of carbonyl (C=O) groups is 2. The Kier molecular flexibility index (Phi) is 5.46. The van der Waals surface area contributed by atoms with Crippen LogP contribution in [0.3, 0.4) is 0 Å². The van der Waals surface area contributed by atoms with Gasteiger partial charge in [-0.3, -0.25) is 9.59 Å². The summed E-state index contributed by atoms with van der Waals surface area (Å²) in [6, 6.07) is 20.0. The van der Waals surface area contributed by atoms with Gasteiger partial charge >= 0.3 is 0 Å². The first-order chi connectivity index (χ1) is 15.9. The first-order valence-corrected chi connectivity index (χ1v) is 11.8. The summed E-state index contributed by atoms with van der Waals surface area (Å²) in [6.45, 7) is 6.51. The SMILES string of the molecule is Cc1ccc(N2CC(C(=O)Nc3ccc(-c4nc5ccc(C)cc5s4)cc3)CC2=O)c(C)c1. The molecule has 2 amide bonds. The van der Waals surface area contributed by atoms with E-state index in [4.69, 9.17) is 4.98 Å². The number of rotatable bonds is 4. The molecular weight excluding hydrogens is 430 g/mol. The summed E-state index contributed by atoms with van der Waals surface area (Å²) in [4.78, 5) is 32.0. The summed E-state index contributed by atoms with van der Waals surface area (Å²) in [5.74, 6) is -0.507. The smallest absolute Gasteiger partial charge is 0.229 e. The van der Waals surface area contributed by atoms with Crippen molar-refractivity contribution in [1.29, 1.82) is 0 Å². The number of fused-ring (bicyclic) bond motifs is 1. The lowest BCUT2D eigenvalue weighted by molar-refractivity contribution is -0.122. The summed E-state index contributed by atoms with van der Waals surface area (Å²) in [7, 11) is 0. The van der Waals surface area contributed by atoms with E-state index in [-0.39, 0.29) is 24.2 Å². The van der Waals surface area contributed by atoms with E-state index in [1.807, 2.05) is 56.3 Å². The molecule has 1 saturated heterocycles. The minimum atomic E-state index is -0.370. The third-order valence-corrected chi connectivity index (χ3v) is 7.15. The summed E-state index contributed by atoms with van der Waals surface area (Å²) in [5.41, 5.74) is 7.04. The first-order valence-electron chi connectivity index (χ1n) is 11.0. The second-order valence-corrected chi connectivity index (χ2v) is 9.78. The van der Waals surface area contributed by atoms with Gasteiger partial charge in [0.05, 0.1) is 16.1 Å². The van der Waals surface area contributed by atoms with Crippen molar-refractivity contribution >= 4 is 44.7 Å². The van der Waals surface area contributed by atoms with E-state index in [1.165, 1.54) is 10.3 Å². The molecule has 1 aromatic heterocycles. The van der Waals surface area contributed by atoms with Gasteiger partial charge in [0, 0.05) is 29.9 Å². The van der Waals surface area contributed by atoms with Crippen LogP contribution in [0.1, 0.15) is 23.1 Å². The third-order valence-electron chi connectivity index (χ3n) is 6.08. The number of anilines is 2. The molecule has 2 heterocycles. The highest BCUT2D eigenvalue weighted by atomic mass is 32.1. The molecule has 0 radical (unpaired) electrons. The molecule has 33 heavy (non-hydrogen) atoms. The van der Waals surface area contributed by atoms with Crippen LogP contribution in [0.5, 0.6) is 0 Å². The third kappa shape index (κ3) is 4.26. The molecule has 4 aromatic rings. The Bertz CT molecular complexity index is 1370. The average molecular weight is 456 g/mol.